The fourth-order valence-electron chi connectivity index (χ4n) is 1.44. The highest BCUT2D eigenvalue weighted by atomic mass is 16.5. The normalized spacial score (nSPS) is 11.9. The second-order valence-electron chi connectivity index (χ2n) is 3.66. The van der Waals surface area contributed by atoms with Crippen molar-refractivity contribution in [3.8, 4) is 6.07 Å². The van der Waals surface area contributed by atoms with Crippen LogP contribution in [0.4, 0.5) is 5.82 Å². The quantitative estimate of drug-likeness (QED) is 0.805. The lowest BCUT2D eigenvalue weighted by Gasteiger charge is -2.16. The lowest BCUT2D eigenvalue weighted by Crippen LogP contribution is -2.27. The molecule has 1 aromatic rings. The number of aryl methyl sites for hydroxylation is 1. The molecule has 0 amide bonds. The monoisotopic (exact) mass is 235 g/mol. The summed E-state index contributed by atoms with van der Waals surface area (Å²) in [6, 6.07) is 3.95. The van der Waals surface area contributed by atoms with Crippen LogP contribution in [0.1, 0.15) is 11.1 Å². The largest absolute Gasteiger partial charge is 0.382 e. The first-order chi connectivity index (χ1) is 8.22. The van der Waals surface area contributed by atoms with Gasteiger partial charge in [0.2, 0.25) is 0 Å². The first-order valence-electron chi connectivity index (χ1n) is 5.34. The lowest BCUT2D eigenvalue weighted by atomic mass is 10.1. The van der Waals surface area contributed by atoms with Gasteiger partial charge >= 0.3 is 0 Å². The van der Waals surface area contributed by atoms with Gasteiger partial charge in [0.25, 0.3) is 0 Å². The van der Waals surface area contributed by atoms with Crippen LogP contribution in [0.15, 0.2) is 12.3 Å². The topological polar surface area (TPSA) is 67.2 Å². The van der Waals surface area contributed by atoms with Crippen LogP contribution in [0.25, 0.3) is 0 Å². The van der Waals surface area contributed by atoms with Crippen molar-refractivity contribution in [2.24, 2.45) is 0 Å². The molecule has 0 bridgehead atoms. The number of pyridine rings is 1. The maximum absolute atomic E-state index is 9.04. The number of hydrogen-bond donors (Lipinski definition) is 1. The van der Waals surface area contributed by atoms with Crippen molar-refractivity contribution in [1.29, 1.82) is 5.26 Å². The predicted octanol–water partition coefficient (Wildman–Crippen LogP) is 1.33. The molecule has 0 saturated heterocycles. The molecular weight excluding hydrogens is 218 g/mol. The summed E-state index contributed by atoms with van der Waals surface area (Å²) >= 11 is 0. The molecule has 92 valence electrons. The van der Waals surface area contributed by atoms with Gasteiger partial charge in [0.15, 0.2) is 0 Å². The van der Waals surface area contributed by atoms with E-state index < -0.39 is 0 Å². The van der Waals surface area contributed by atoms with Crippen LogP contribution in [0, 0.1) is 18.3 Å². The van der Waals surface area contributed by atoms with Gasteiger partial charge < -0.3 is 14.8 Å². The number of nitrogens with zero attached hydrogens (tertiary/aromatic N) is 2. The summed E-state index contributed by atoms with van der Waals surface area (Å²) in [6.07, 6.45) is 1.62. The lowest BCUT2D eigenvalue weighted by molar-refractivity contribution is 0.0365. The average Bonchev–Trinajstić information content (AvgIpc) is 2.34. The van der Waals surface area contributed by atoms with Crippen LogP contribution < -0.4 is 5.32 Å². The van der Waals surface area contributed by atoms with Crippen molar-refractivity contribution in [3.63, 3.8) is 0 Å². The molecule has 0 aliphatic carbocycles. The summed E-state index contributed by atoms with van der Waals surface area (Å²) in [4.78, 5) is 4.15. The predicted molar refractivity (Wildman–Crippen MR) is 64.9 cm³/mol. The van der Waals surface area contributed by atoms with Crippen molar-refractivity contribution in [1.82, 2.24) is 4.98 Å². The first-order valence-corrected chi connectivity index (χ1v) is 5.34. The third-order valence-corrected chi connectivity index (χ3v) is 2.45. The van der Waals surface area contributed by atoms with Crippen molar-refractivity contribution in [2.75, 3.05) is 32.7 Å². The molecule has 0 fully saturated rings. The summed E-state index contributed by atoms with van der Waals surface area (Å²) < 4.78 is 10.2. The third-order valence-electron chi connectivity index (χ3n) is 2.45. The zero-order valence-corrected chi connectivity index (χ0v) is 10.4. The highest BCUT2D eigenvalue weighted by Gasteiger charge is 2.10. The van der Waals surface area contributed by atoms with Crippen LogP contribution >= 0.6 is 0 Å². The second-order valence-corrected chi connectivity index (χ2v) is 3.66. The van der Waals surface area contributed by atoms with E-state index in [0.29, 0.717) is 24.5 Å². The molecule has 1 heterocycles. The second kappa shape index (κ2) is 6.84. The number of aromatic nitrogens is 1. The highest BCUT2D eigenvalue weighted by molar-refractivity contribution is 5.55. The Morgan fingerprint density at radius 3 is 2.88 bits per heavy atom. The third kappa shape index (κ3) is 3.70. The molecule has 1 aromatic heterocycles. The molecule has 5 nitrogen and oxygen atoms in total. The van der Waals surface area contributed by atoms with E-state index in [1.165, 1.54) is 0 Å². The van der Waals surface area contributed by atoms with Gasteiger partial charge in [-0.3, -0.25) is 0 Å². The molecule has 0 spiro atoms. The Labute approximate surface area is 101 Å². The van der Waals surface area contributed by atoms with E-state index in [1.807, 2.05) is 13.0 Å². The fraction of sp³-hybridized carbons (Fsp3) is 0.500. The molecule has 0 aliphatic heterocycles. The van der Waals surface area contributed by atoms with Crippen molar-refractivity contribution in [3.05, 3.63) is 23.4 Å². The van der Waals surface area contributed by atoms with Gasteiger partial charge in [-0.2, -0.15) is 5.26 Å². The molecular formula is C12H17N3O2. The number of methoxy groups -OCH3 is 2. The zero-order chi connectivity index (χ0) is 12.7. The number of anilines is 1. The van der Waals surface area contributed by atoms with E-state index in [2.05, 4.69) is 16.4 Å². The van der Waals surface area contributed by atoms with Gasteiger partial charge in [-0.1, -0.05) is 0 Å². The first kappa shape index (κ1) is 13.4. The smallest absolute Gasteiger partial charge is 0.144 e. The average molecular weight is 235 g/mol. The Balaban J connectivity index is 2.69. The molecule has 1 unspecified atom stereocenters. The molecule has 1 N–H and O–H groups in total. The maximum atomic E-state index is 9.04. The van der Waals surface area contributed by atoms with E-state index in [0.717, 1.165) is 5.56 Å². The van der Waals surface area contributed by atoms with E-state index in [4.69, 9.17) is 14.7 Å². The Morgan fingerprint density at radius 2 is 2.29 bits per heavy atom. The Bertz CT molecular complexity index is 401. The Hall–Kier alpha value is -1.64. The van der Waals surface area contributed by atoms with Crippen LogP contribution in [-0.2, 0) is 9.47 Å². The molecule has 17 heavy (non-hydrogen) atoms. The summed E-state index contributed by atoms with van der Waals surface area (Å²) in [6.45, 7) is 2.93. The summed E-state index contributed by atoms with van der Waals surface area (Å²) in [5.41, 5.74) is 1.48. The van der Waals surface area contributed by atoms with Gasteiger partial charge in [0.05, 0.1) is 18.3 Å². The van der Waals surface area contributed by atoms with E-state index in [1.54, 1.807) is 20.4 Å². The molecule has 5 heteroatoms. The number of ether oxygens (including phenoxy) is 2. The van der Waals surface area contributed by atoms with Gasteiger partial charge in [0.1, 0.15) is 11.9 Å². The molecule has 0 aromatic carbocycles. The van der Waals surface area contributed by atoms with Crippen LogP contribution in [-0.4, -0.2) is 38.5 Å². The molecule has 1 atom stereocenters. The molecule has 1 rings (SSSR count). The Kier molecular flexibility index (Phi) is 5.40. The van der Waals surface area contributed by atoms with E-state index >= 15 is 0 Å². The molecule has 0 aliphatic rings. The van der Waals surface area contributed by atoms with Gasteiger partial charge in [0, 0.05) is 27.0 Å². The summed E-state index contributed by atoms with van der Waals surface area (Å²) in [5.74, 6) is 0.589. The number of hydrogen-bond acceptors (Lipinski definition) is 5. The minimum atomic E-state index is -0.0612. The van der Waals surface area contributed by atoms with E-state index in [9.17, 15) is 0 Å². The van der Waals surface area contributed by atoms with Crippen LogP contribution in [0.5, 0.6) is 0 Å². The number of nitrogens with one attached hydrogen (secondary N) is 1. The molecule has 0 radical (unpaired) electrons. The maximum Gasteiger partial charge on any atom is 0.144 e. The summed E-state index contributed by atoms with van der Waals surface area (Å²) in [7, 11) is 3.25. The van der Waals surface area contributed by atoms with Gasteiger partial charge in [-0.25, -0.2) is 4.98 Å². The Morgan fingerprint density at radius 1 is 1.53 bits per heavy atom. The minimum Gasteiger partial charge on any atom is -0.382 e. The van der Waals surface area contributed by atoms with Gasteiger partial charge in [-0.05, 0) is 18.6 Å². The fourth-order valence-corrected chi connectivity index (χ4v) is 1.44. The van der Waals surface area contributed by atoms with Crippen LogP contribution in [0.3, 0.4) is 0 Å². The SMILES string of the molecule is COCC(CNc1nccc(C)c1C#N)OC. The van der Waals surface area contributed by atoms with Crippen LogP contribution in [0.2, 0.25) is 0 Å². The number of rotatable bonds is 6. The van der Waals surface area contributed by atoms with Crippen molar-refractivity contribution in [2.45, 2.75) is 13.0 Å². The standard InChI is InChI=1S/C12H17N3O2/c1-9-4-5-14-12(11(9)6-13)15-7-10(17-3)8-16-2/h4-5,10H,7-8H2,1-3H3,(H,14,15). The highest BCUT2D eigenvalue weighted by Crippen LogP contribution is 2.15. The number of nitriles is 1. The van der Waals surface area contributed by atoms with Crippen molar-refractivity contribution >= 4 is 5.82 Å². The summed E-state index contributed by atoms with van der Waals surface area (Å²) in [5, 5.41) is 12.1. The van der Waals surface area contributed by atoms with Gasteiger partial charge in [-0.15, -0.1) is 0 Å². The zero-order valence-electron chi connectivity index (χ0n) is 10.4. The van der Waals surface area contributed by atoms with E-state index in [-0.39, 0.29) is 6.10 Å². The molecule has 0 saturated carbocycles. The van der Waals surface area contributed by atoms with Crippen molar-refractivity contribution < 1.29 is 9.47 Å². The minimum absolute atomic E-state index is 0.0612.